The van der Waals surface area contributed by atoms with Gasteiger partial charge in [-0.05, 0) is 29.7 Å². The molecule has 5 nitrogen and oxygen atoms in total. The number of hydrogen-bond donors (Lipinski definition) is 2. The first-order chi connectivity index (χ1) is 13.0. The van der Waals surface area contributed by atoms with Crippen LogP contribution in [0.4, 0.5) is 5.82 Å². The molecule has 4 rings (SSSR count). The molecule has 2 aliphatic rings. The molecule has 0 amide bonds. The van der Waals surface area contributed by atoms with Gasteiger partial charge >= 0.3 is 0 Å². The second kappa shape index (κ2) is 7.00. The van der Waals surface area contributed by atoms with Gasteiger partial charge in [0, 0.05) is 18.0 Å². The van der Waals surface area contributed by atoms with Crippen molar-refractivity contribution < 1.29 is 4.79 Å². The summed E-state index contributed by atoms with van der Waals surface area (Å²) >= 11 is 1.39. The number of carbonyl (C=O) groups excluding carboxylic acids is 1. The van der Waals surface area contributed by atoms with Crippen LogP contribution < -0.4 is 10.9 Å². The molecule has 1 aromatic carbocycles. The molecule has 1 aromatic heterocycles. The van der Waals surface area contributed by atoms with Crippen LogP contribution in [-0.2, 0) is 4.79 Å². The number of rotatable bonds is 3. The van der Waals surface area contributed by atoms with Crippen molar-refractivity contribution in [1.82, 2.24) is 9.97 Å². The number of hydrogen-bond acceptors (Lipinski definition) is 5. The van der Waals surface area contributed by atoms with Crippen molar-refractivity contribution in [2.24, 2.45) is 5.92 Å². The Bertz CT molecular complexity index is 976. The average molecular weight is 382 g/mol. The third kappa shape index (κ3) is 3.12. The zero-order chi connectivity index (χ0) is 19.1. The van der Waals surface area contributed by atoms with Crippen molar-refractivity contribution in [1.29, 1.82) is 0 Å². The minimum Gasteiger partial charge on any atom is -0.343 e. The number of nitrogens with one attached hydrogen (secondary N) is 2. The van der Waals surface area contributed by atoms with Crippen LogP contribution in [0.5, 0.6) is 0 Å². The molecule has 6 heteroatoms. The van der Waals surface area contributed by atoms with Gasteiger partial charge in [0.1, 0.15) is 11.6 Å². The maximum Gasteiger partial charge on any atom is 0.257 e. The van der Waals surface area contributed by atoms with E-state index in [9.17, 15) is 9.59 Å². The lowest BCUT2D eigenvalue weighted by molar-refractivity contribution is -0.122. The molecule has 2 heterocycles. The van der Waals surface area contributed by atoms with Crippen LogP contribution in [0.3, 0.4) is 0 Å². The van der Waals surface area contributed by atoms with E-state index in [-0.39, 0.29) is 23.2 Å². The zero-order valence-electron chi connectivity index (χ0n) is 15.7. The number of H-pyrrole nitrogens is 1. The predicted octanol–water partition coefficient (Wildman–Crippen LogP) is 4.04. The Morgan fingerprint density at radius 2 is 1.89 bits per heavy atom. The van der Waals surface area contributed by atoms with Gasteiger partial charge in [0.15, 0.2) is 5.16 Å². The SMILES string of the molecule is CSc1nc2c(c(=O)[nH]1)[C@@H](c1ccc(C(C)C)cc1)[C@@H]1C(=O)CCC=C1N2. The topological polar surface area (TPSA) is 74.8 Å². The van der Waals surface area contributed by atoms with Gasteiger partial charge in [-0.15, -0.1) is 0 Å². The zero-order valence-corrected chi connectivity index (χ0v) is 16.5. The number of allylic oxidation sites excluding steroid dienone is 2. The monoisotopic (exact) mass is 381 g/mol. The Balaban J connectivity index is 1.91. The van der Waals surface area contributed by atoms with Crippen molar-refractivity contribution in [2.75, 3.05) is 11.6 Å². The Labute approximate surface area is 162 Å². The third-order valence-electron chi connectivity index (χ3n) is 5.43. The smallest absolute Gasteiger partial charge is 0.257 e. The summed E-state index contributed by atoms with van der Waals surface area (Å²) in [5, 5.41) is 3.84. The minimum absolute atomic E-state index is 0.174. The lowest BCUT2D eigenvalue weighted by Gasteiger charge is -2.36. The number of thioether (sulfide) groups is 1. The van der Waals surface area contributed by atoms with Gasteiger partial charge in [-0.1, -0.05) is 56.0 Å². The van der Waals surface area contributed by atoms with Crippen LogP contribution in [0, 0.1) is 5.92 Å². The van der Waals surface area contributed by atoms with Crippen molar-refractivity contribution in [2.45, 2.75) is 43.7 Å². The first kappa shape index (κ1) is 18.0. The molecule has 0 radical (unpaired) electrons. The van der Waals surface area contributed by atoms with E-state index in [0.29, 0.717) is 28.9 Å². The van der Waals surface area contributed by atoms with E-state index >= 15 is 0 Å². The maximum atomic E-state index is 12.9. The molecule has 2 aromatic rings. The fourth-order valence-electron chi connectivity index (χ4n) is 4.01. The number of nitrogens with zero attached hydrogens (tertiary/aromatic N) is 1. The highest BCUT2D eigenvalue weighted by atomic mass is 32.2. The standard InChI is InChI=1S/C21H23N3O2S/c1-11(2)12-7-9-13(10-8-12)16-17-14(5-4-6-15(17)25)22-19-18(16)20(26)24-21(23-19)27-3/h5,7-11,16-17H,4,6H2,1-3H3,(H2,22,23,24,26)/t16-,17-/m0/s1. The van der Waals surface area contributed by atoms with E-state index in [1.165, 1.54) is 17.3 Å². The van der Waals surface area contributed by atoms with Gasteiger partial charge in [-0.3, -0.25) is 9.59 Å². The van der Waals surface area contributed by atoms with E-state index in [4.69, 9.17) is 0 Å². The molecule has 1 aliphatic carbocycles. The fraction of sp³-hybridized carbons (Fsp3) is 0.381. The number of fused-ring (bicyclic) bond motifs is 2. The van der Waals surface area contributed by atoms with Gasteiger partial charge in [-0.2, -0.15) is 0 Å². The van der Waals surface area contributed by atoms with Gasteiger partial charge < -0.3 is 10.3 Å². The van der Waals surface area contributed by atoms with Crippen LogP contribution in [0.25, 0.3) is 0 Å². The van der Waals surface area contributed by atoms with E-state index in [0.717, 1.165) is 17.7 Å². The predicted molar refractivity (Wildman–Crippen MR) is 108 cm³/mol. The summed E-state index contributed by atoms with van der Waals surface area (Å²) in [6.45, 7) is 4.30. The Morgan fingerprint density at radius 3 is 2.56 bits per heavy atom. The summed E-state index contributed by atoms with van der Waals surface area (Å²) in [6.07, 6.45) is 5.19. The van der Waals surface area contributed by atoms with Gasteiger partial charge in [0.25, 0.3) is 5.56 Å². The van der Waals surface area contributed by atoms with Crippen LogP contribution >= 0.6 is 11.8 Å². The lowest BCUT2D eigenvalue weighted by Crippen LogP contribution is -2.38. The molecule has 0 bridgehead atoms. The Morgan fingerprint density at radius 1 is 1.15 bits per heavy atom. The molecular formula is C21H23N3O2S. The highest BCUT2D eigenvalue weighted by Crippen LogP contribution is 2.44. The van der Waals surface area contributed by atoms with Crippen LogP contribution in [0.2, 0.25) is 0 Å². The summed E-state index contributed by atoms with van der Waals surface area (Å²) in [6, 6.07) is 8.29. The van der Waals surface area contributed by atoms with Crippen molar-refractivity contribution in [3.63, 3.8) is 0 Å². The summed E-state index contributed by atoms with van der Waals surface area (Å²) in [4.78, 5) is 33.1. The molecule has 27 heavy (non-hydrogen) atoms. The van der Waals surface area contributed by atoms with E-state index in [1.54, 1.807) is 0 Å². The fourth-order valence-corrected chi connectivity index (χ4v) is 4.39. The number of aromatic nitrogens is 2. The number of carbonyl (C=O) groups is 1. The molecule has 0 spiro atoms. The molecule has 0 unspecified atom stereocenters. The summed E-state index contributed by atoms with van der Waals surface area (Å²) in [5.74, 6) is 0.517. The first-order valence-electron chi connectivity index (χ1n) is 9.27. The number of aromatic amines is 1. The molecule has 0 saturated carbocycles. The molecular weight excluding hydrogens is 358 g/mol. The Hall–Kier alpha value is -2.34. The number of Topliss-reactive ketones (excluding diaryl/α,β-unsaturated/α-hetero) is 1. The third-order valence-corrected chi connectivity index (χ3v) is 6.01. The van der Waals surface area contributed by atoms with E-state index in [2.05, 4.69) is 59.5 Å². The quantitative estimate of drug-likeness (QED) is 0.620. The van der Waals surface area contributed by atoms with Gasteiger partial charge in [0.05, 0.1) is 11.5 Å². The normalized spacial score (nSPS) is 21.3. The second-order valence-electron chi connectivity index (χ2n) is 7.40. The molecule has 1 aliphatic heterocycles. The minimum atomic E-state index is -0.348. The van der Waals surface area contributed by atoms with Crippen molar-refractivity contribution in [3.8, 4) is 0 Å². The average Bonchev–Trinajstić information content (AvgIpc) is 2.66. The summed E-state index contributed by atoms with van der Waals surface area (Å²) in [7, 11) is 0. The second-order valence-corrected chi connectivity index (χ2v) is 8.20. The number of ketones is 1. The summed E-state index contributed by atoms with van der Waals surface area (Å²) in [5.41, 5.74) is 3.48. The summed E-state index contributed by atoms with van der Waals surface area (Å²) < 4.78 is 0. The van der Waals surface area contributed by atoms with E-state index in [1.807, 2.05) is 6.26 Å². The highest BCUT2D eigenvalue weighted by molar-refractivity contribution is 7.98. The van der Waals surface area contributed by atoms with Crippen molar-refractivity contribution in [3.05, 3.63) is 63.1 Å². The van der Waals surface area contributed by atoms with Crippen molar-refractivity contribution >= 4 is 23.4 Å². The maximum absolute atomic E-state index is 12.9. The molecule has 2 atom stereocenters. The van der Waals surface area contributed by atoms with Crippen LogP contribution in [0.15, 0.2) is 46.0 Å². The van der Waals surface area contributed by atoms with Crippen LogP contribution in [0.1, 0.15) is 55.2 Å². The molecule has 0 saturated heterocycles. The molecule has 140 valence electrons. The first-order valence-corrected chi connectivity index (χ1v) is 10.5. The Kier molecular flexibility index (Phi) is 4.68. The van der Waals surface area contributed by atoms with Gasteiger partial charge in [-0.25, -0.2) is 4.98 Å². The largest absolute Gasteiger partial charge is 0.343 e. The van der Waals surface area contributed by atoms with E-state index < -0.39 is 0 Å². The lowest BCUT2D eigenvalue weighted by atomic mass is 9.72. The highest BCUT2D eigenvalue weighted by Gasteiger charge is 2.42. The molecule has 2 N–H and O–H groups in total. The molecule has 0 fully saturated rings. The van der Waals surface area contributed by atoms with Crippen LogP contribution in [-0.4, -0.2) is 22.0 Å². The number of anilines is 1. The van der Waals surface area contributed by atoms with Gasteiger partial charge in [0.2, 0.25) is 0 Å². The number of benzene rings is 1.